The maximum Gasteiger partial charge on any atom is 0.492 e. The van der Waals surface area contributed by atoms with Crippen molar-refractivity contribution in [2.24, 2.45) is 0 Å². The average Bonchev–Trinajstić information content (AvgIpc) is 4.28. The Bertz CT molecular complexity index is 3360. The van der Waals surface area contributed by atoms with Gasteiger partial charge in [0.2, 0.25) is 17.7 Å². The molecule has 75 heavy (non-hydrogen) atoms. The molecule has 0 fully saturated rings. The number of hydrogen-bond acceptors (Lipinski definition) is 17. The molecular formula is C49H43F3N12O4S7. The smallest absolute Gasteiger partial charge is 0.383 e. The summed E-state index contributed by atoms with van der Waals surface area (Å²) in [5.74, 6) is 0.973. The summed E-state index contributed by atoms with van der Waals surface area (Å²) in [6.07, 6.45) is -2.74. The second-order valence-electron chi connectivity index (χ2n) is 15.8. The topological polar surface area (TPSA) is 189 Å². The van der Waals surface area contributed by atoms with E-state index >= 15 is 0 Å². The van der Waals surface area contributed by atoms with Crippen molar-refractivity contribution in [3.63, 3.8) is 0 Å². The molecule has 3 amide bonds. The van der Waals surface area contributed by atoms with Crippen LogP contribution in [0.1, 0.15) is 0 Å². The molecule has 26 heteroatoms. The lowest BCUT2D eigenvalue weighted by Crippen LogP contribution is -2.20. The Morgan fingerprint density at radius 1 is 0.547 bits per heavy atom. The first-order valence-electron chi connectivity index (χ1n) is 22.6. The number of alkyl halides is 3. The minimum atomic E-state index is -4.77. The number of thiophene rings is 3. The number of aromatic nitrogens is 9. The van der Waals surface area contributed by atoms with Gasteiger partial charge < -0.3 is 25.3 Å². The van der Waals surface area contributed by atoms with Crippen molar-refractivity contribution >= 4 is 116 Å². The summed E-state index contributed by atoms with van der Waals surface area (Å²) in [6, 6.07) is 35.2. The molecule has 0 saturated carbocycles. The first-order chi connectivity index (χ1) is 36.4. The number of hydrogen-bond donors (Lipinski definition) is 3. The molecular weight excluding hydrogens is 1100 g/mol. The third-order valence-electron chi connectivity index (χ3n) is 10.7. The second kappa shape index (κ2) is 25.1. The van der Waals surface area contributed by atoms with Gasteiger partial charge in [0, 0.05) is 46.2 Å². The van der Waals surface area contributed by atoms with Crippen molar-refractivity contribution in [1.82, 2.24) is 44.3 Å². The van der Waals surface area contributed by atoms with Crippen LogP contribution in [0, 0.1) is 0 Å². The van der Waals surface area contributed by atoms with Crippen molar-refractivity contribution < 1.29 is 32.3 Å². The zero-order valence-electron chi connectivity index (χ0n) is 39.6. The fraction of sp³-hybridized carbons (Fsp3) is 0.204. The van der Waals surface area contributed by atoms with Crippen LogP contribution in [0.15, 0.2) is 136 Å². The zero-order valence-corrected chi connectivity index (χ0v) is 45.4. The molecule has 0 aliphatic rings. The third-order valence-corrected chi connectivity index (χ3v) is 17.3. The van der Waals surface area contributed by atoms with Gasteiger partial charge >= 0.3 is 6.30 Å². The minimum absolute atomic E-state index is 0.0910. The molecule has 3 N–H and O–H groups in total. The summed E-state index contributed by atoms with van der Waals surface area (Å²) in [6.45, 7) is 1.58. The van der Waals surface area contributed by atoms with E-state index in [1.54, 1.807) is 53.8 Å². The predicted octanol–water partition coefficient (Wildman–Crippen LogP) is 11.7. The van der Waals surface area contributed by atoms with Crippen LogP contribution in [0.4, 0.5) is 30.2 Å². The van der Waals surface area contributed by atoms with Crippen LogP contribution in [0.25, 0.3) is 53.0 Å². The molecule has 0 spiro atoms. The Morgan fingerprint density at radius 2 is 1.01 bits per heavy atom. The van der Waals surface area contributed by atoms with Gasteiger partial charge in [0.1, 0.15) is 0 Å². The van der Waals surface area contributed by atoms with E-state index in [0.29, 0.717) is 69.7 Å². The summed E-state index contributed by atoms with van der Waals surface area (Å²) in [5, 5.41) is 36.5. The number of ether oxygens (including phenoxy) is 1. The van der Waals surface area contributed by atoms with Crippen molar-refractivity contribution in [2.45, 2.75) is 34.9 Å². The molecule has 3 aromatic carbocycles. The molecule has 0 aliphatic heterocycles. The molecule has 6 heterocycles. The molecule has 0 bridgehead atoms. The highest BCUT2D eigenvalue weighted by Gasteiger charge is 2.38. The first-order valence-corrected chi connectivity index (χ1v) is 29.5. The highest BCUT2D eigenvalue weighted by molar-refractivity contribution is 8.00. The number of carbonyl (C=O) groups excluding carboxylic acids is 3. The fourth-order valence-electron chi connectivity index (χ4n) is 7.25. The van der Waals surface area contributed by atoms with Gasteiger partial charge in [-0.25, -0.2) is 4.57 Å². The second-order valence-corrected chi connectivity index (χ2v) is 22.8. The molecule has 0 aliphatic carbocycles. The van der Waals surface area contributed by atoms with E-state index in [9.17, 15) is 27.6 Å². The minimum Gasteiger partial charge on any atom is -0.383 e. The Morgan fingerprint density at radius 3 is 1.49 bits per heavy atom. The van der Waals surface area contributed by atoms with Gasteiger partial charge in [-0.05, 0) is 89.5 Å². The van der Waals surface area contributed by atoms with Gasteiger partial charge in [-0.15, -0.1) is 77.8 Å². The number of para-hydroxylation sites is 1. The Labute approximate surface area is 456 Å². The van der Waals surface area contributed by atoms with E-state index < -0.39 is 17.4 Å². The van der Waals surface area contributed by atoms with Gasteiger partial charge in [0.15, 0.2) is 32.9 Å². The number of thioether (sulfide) groups is 4. The number of carbonyl (C=O) groups is 3. The Hall–Kier alpha value is -6.26. The highest BCUT2D eigenvalue weighted by atomic mass is 32.2. The molecule has 9 rings (SSSR count). The SMILES string of the molecule is COCCn1c(SCC(=O)Nc2ccccc2)nnc1-c1ccc(-c2ccc(NC(=O)CSc3nnc(-c4ccc(-c5ccc(NC(=O)CSc6nnc(-c7cccs7)n6C(F)(F)F)cc5)s4)n3CCSC)cc2)s1. The van der Waals surface area contributed by atoms with Crippen molar-refractivity contribution in [1.29, 1.82) is 0 Å². The van der Waals surface area contributed by atoms with E-state index in [1.807, 2.05) is 106 Å². The maximum absolute atomic E-state index is 14.0. The zero-order chi connectivity index (χ0) is 52.3. The number of halogens is 3. The largest absolute Gasteiger partial charge is 0.492 e. The van der Waals surface area contributed by atoms with E-state index in [0.717, 1.165) is 53.4 Å². The number of amides is 3. The quantitative estimate of drug-likeness (QED) is 0.0513. The van der Waals surface area contributed by atoms with Gasteiger partial charge in [-0.3, -0.25) is 19.0 Å². The van der Waals surface area contributed by atoms with Crippen LogP contribution in [-0.2, 0) is 38.5 Å². The van der Waals surface area contributed by atoms with Gasteiger partial charge in [0.25, 0.3) is 0 Å². The molecule has 6 aromatic heterocycles. The number of nitrogens with zero attached hydrogens (tertiary/aromatic N) is 9. The molecule has 16 nitrogen and oxygen atoms in total. The number of nitrogens with one attached hydrogen (secondary N) is 3. The van der Waals surface area contributed by atoms with E-state index in [4.69, 9.17) is 4.74 Å². The van der Waals surface area contributed by atoms with E-state index in [2.05, 4.69) is 46.5 Å². The van der Waals surface area contributed by atoms with Crippen LogP contribution >= 0.6 is 81.1 Å². The van der Waals surface area contributed by atoms with Crippen LogP contribution in [-0.4, -0.2) is 105 Å². The molecule has 0 atom stereocenters. The van der Waals surface area contributed by atoms with Gasteiger partial charge in [0.05, 0.1) is 45.0 Å². The monoisotopic (exact) mass is 1140 g/mol. The number of methoxy groups -OCH3 is 1. The lowest BCUT2D eigenvalue weighted by molar-refractivity contribution is -0.208. The van der Waals surface area contributed by atoms with E-state index in [-0.39, 0.29) is 39.5 Å². The summed E-state index contributed by atoms with van der Waals surface area (Å²) in [4.78, 5) is 42.8. The number of benzene rings is 3. The first kappa shape index (κ1) is 53.6. The van der Waals surface area contributed by atoms with Crippen LogP contribution in [0.2, 0.25) is 0 Å². The highest BCUT2D eigenvalue weighted by Crippen LogP contribution is 2.39. The Kier molecular flexibility index (Phi) is 17.9. The van der Waals surface area contributed by atoms with Crippen LogP contribution < -0.4 is 16.0 Å². The van der Waals surface area contributed by atoms with Crippen LogP contribution in [0.3, 0.4) is 0 Å². The lowest BCUT2D eigenvalue weighted by Gasteiger charge is -2.12. The molecule has 0 unspecified atom stereocenters. The van der Waals surface area contributed by atoms with Gasteiger partial charge in [-0.1, -0.05) is 83.8 Å². The number of rotatable bonds is 23. The van der Waals surface area contributed by atoms with Crippen molar-refractivity contribution in [3.05, 3.63) is 121 Å². The third kappa shape index (κ3) is 13.6. The van der Waals surface area contributed by atoms with Gasteiger partial charge in [-0.2, -0.15) is 11.8 Å². The molecule has 386 valence electrons. The summed E-state index contributed by atoms with van der Waals surface area (Å²) in [5.41, 5.74) is 3.72. The molecule has 9 aromatic rings. The normalized spacial score (nSPS) is 11.5. The number of anilines is 3. The standard InChI is InChI=1S/C49H43F3N12O4S7/c1-68-24-22-62-43(56-59-46(62)71-27-40(65)53-32-7-4-3-5-8-32)38-20-18-35(74-38)30-10-14-33(15-11-30)54-41(66)28-72-47-60-57-44(63(47)23-26-69-2)39-21-19-36(75-39)31-12-16-34(17-13-31)55-42(67)29-73-48-61-58-45(37-9-6-25-70-37)64(48)49(50,51)52/h3-21,25H,22-24,26-29H2,1-2H3,(H,53,65)(H,54,66)(H,55,67). The summed E-state index contributed by atoms with van der Waals surface area (Å²) >= 11 is 9.16. The predicted molar refractivity (Wildman–Crippen MR) is 297 cm³/mol. The van der Waals surface area contributed by atoms with Crippen molar-refractivity contribution in [3.8, 4) is 53.0 Å². The Balaban J connectivity index is 0.779. The average molecular weight is 1150 g/mol. The maximum atomic E-state index is 14.0. The van der Waals surface area contributed by atoms with Crippen molar-refractivity contribution in [2.75, 3.05) is 58.9 Å². The molecule has 0 saturated heterocycles. The summed E-state index contributed by atoms with van der Waals surface area (Å²) < 4.78 is 51.3. The van der Waals surface area contributed by atoms with Crippen LogP contribution in [0.5, 0.6) is 0 Å². The fourth-order valence-corrected chi connectivity index (χ4v) is 12.6. The lowest BCUT2D eigenvalue weighted by atomic mass is 10.2. The van der Waals surface area contributed by atoms with E-state index in [1.165, 1.54) is 40.9 Å². The molecule has 0 radical (unpaired) electrons. The summed E-state index contributed by atoms with van der Waals surface area (Å²) in [7, 11) is 1.64.